The zero-order valence-electron chi connectivity index (χ0n) is 13.7. The summed E-state index contributed by atoms with van der Waals surface area (Å²) in [5, 5.41) is 3.54. The average Bonchev–Trinajstić information content (AvgIpc) is 2.90. The number of anilines is 1. The maximum absolute atomic E-state index is 12.1. The van der Waals surface area contributed by atoms with Gasteiger partial charge in [-0.05, 0) is 25.2 Å². The van der Waals surface area contributed by atoms with Crippen molar-refractivity contribution >= 4 is 57.4 Å². The lowest BCUT2D eigenvalue weighted by Gasteiger charge is -2.31. The number of ether oxygens (including phenoxy) is 1. The number of thiazole rings is 1. The van der Waals surface area contributed by atoms with E-state index in [2.05, 4.69) is 27.1 Å². The van der Waals surface area contributed by atoms with Crippen LogP contribution in [0, 0.1) is 0 Å². The van der Waals surface area contributed by atoms with Gasteiger partial charge in [0.1, 0.15) is 5.75 Å². The van der Waals surface area contributed by atoms with Crippen LogP contribution in [0.25, 0.3) is 10.2 Å². The molecule has 6 nitrogen and oxygen atoms in total. The van der Waals surface area contributed by atoms with E-state index in [1.807, 2.05) is 18.2 Å². The van der Waals surface area contributed by atoms with Crippen molar-refractivity contribution in [1.82, 2.24) is 14.8 Å². The molecule has 2 heterocycles. The SMILES string of the molecule is COc1ccc2nc(NC(=O)CN3CCN(C)CC3)sc2c1.Cl.Cl. The number of aromatic nitrogens is 1. The van der Waals surface area contributed by atoms with Gasteiger partial charge in [-0.1, -0.05) is 11.3 Å². The predicted molar refractivity (Wildman–Crippen MR) is 103 cm³/mol. The molecule has 0 radical (unpaired) electrons. The first-order valence-electron chi connectivity index (χ1n) is 7.29. The van der Waals surface area contributed by atoms with Crippen LogP contribution in [0.3, 0.4) is 0 Å². The summed E-state index contributed by atoms with van der Waals surface area (Å²) in [6, 6.07) is 5.71. The fraction of sp³-hybridized carbons (Fsp3) is 0.467. The number of hydrogen-bond donors (Lipinski definition) is 1. The number of amides is 1. The third-order valence-electron chi connectivity index (χ3n) is 3.81. The first kappa shape index (κ1) is 20.9. The third-order valence-corrected chi connectivity index (χ3v) is 4.74. The van der Waals surface area contributed by atoms with Gasteiger partial charge in [-0.25, -0.2) is 4.98 Å². The summed E-state index contributed by atoms with van der Waals surface area (Å²) in [5.41, 5.74) is 0.876. The summed E-state index contributed by atoms with van der Waals surface area (Å²) in [6.07, 6.45) is 0. The summed E-state index contributed by atoms with van der Waals surface area (Å²) < 4.78 is 6.21. The van der Waals surface area contributed by atoms with Gasteiger partial charge in [-0.2, -0.15) is 0 Å². The first-order chi connectivity index (χ1) is 10.6. The highest BCUT2D eigenvalue weighted by atomic mass is 35.5. The van der Waals surface area contributed by atoms with Crippen LogP contribution in [0.4, 0.5) is 5.13 Å². The van der Waals surface area contributed by atoms with E-state index in [9.17, 15) is 4.79 Å². The van der Waals surface area contributed by atoms with Gasteiger partial charge >= 0.3 is 0 Å². The molecular weight excluding hydrogens is 371 g/mol. The normalized spacial score (nSPS) is 15.4. The number of carbonyl (C=O) groups is 1. The molecule has 9 heteroatoms. The van der Waals surface area contributed by atoms with Crippen molar-refractivity contribution in [1.29, 1.82) is 0 Å². The number of rotatable bonds is 4. The largest absolute Gasteiger partial charge is 0.497 e. The Balaban J connectivity index is 0.00000144. The molecule has 134 valence electrons. The van der Waals surface area contributed by atoms with Crippen LogP contribution >= 0.6 is 36.2 Å². The van der Waals surface area contributed by atoms with Crippen LogP contribution in [0.2, 0.25) is 0 Å². The van der Waals surface area contributed by atoms with Crippen LogP contribution in [-0.4, -0.2) is 67.6 Å². The minimum Gasteiger partial charge on any atom is -0.497 e. The van der Waals surface area contributed by atoms with E-state index < -0.39 is 0 Å². The van der Waals surface area contributed by atoms with Gasteiger partial charge in [0.2, 0.25) is 5.91 Å². The minimum absolute atomic E-state index is 0. The Morgan fingerprint density at radius 3 is 2.67 bits per heavy atom. The molecule has 0 bridgehead atoms. The Kier molecular flexibility index (Phi) is 8.18. The predicted octanol–water partition coefficient (Wildman–Crippen LogP) is 2.33. The molecule has 1 aromatic carbocycles. The molecule has 0 spiro atoms. The summed E-state index contributed by atoms with van der Waals surface area (Å²) >= 11 is 1.47. The quantitative estimate of drug-likeness (QED) is 0.864. The van der Waals surface area contributed by atoms with E-state index in [-0.39, 0.29) is 30.7 Å². The van der Waals surface area contributed by atoms with Crippen molar-refractivity contribution in [3.05, 3.63) is 18.2 Å². The lowest BCUT2D eigenvalue weighted by atomic mass is 10.3. The monoisotopic (exact) mass is 392 g/mol. The molecule has 2 aromatic rings. The van der Waals surface area contributed by atoms with E-state index in [4.69, 9.17) is 4.74 Å². The molecule has 3 rings (SSSR count). The average molecular weight is 393 g/mol. The second-order valence-electron chi connectivity index (χ2n) is 5.48. The molecule has 1 saturated heterocycles. The van der Waals surface area contributed by atoms with Crippen LogP contribution < -0.4 is 10.1 Å². The highest BCUT2D eigenvalue weighted by molar-refractivity contribution is 7.22. The van der Waals surface area contributed by atoms with Crippen LogP contribution in [0.1, 0.15) is 0 Å². The minimum atomic E-state index is -0.00410. The molecule has 1 N–H and O–H groups in total. The molecule has 1 fully saturated rings. The van der Waals surface area contributed by atoms with E-state index in [1.54, 1.807) is 7.11 Å². The van der Waals surface area contributed by atoms with Gasteiger partial charge in [-0.3, -0.25) is 9.69 Å². The number of piperazine rings is 1. The summed E-state index contributed by atoms with van der Waals surface area (Å²) in [7, 11) is 3.74. The summed E-state index contributed by atoms with van der Waals surface area (Å²) in [6.45, 7) is 4.30. The smallest absolute Gasteiger partial charge is 0.240 e. The fourth-order valence-corrected chi connectivity index (χ4v) is 3.36. The molecule has 0 aliphatic carbocycles. The zero-order chi connectivity index (χ0) is 15.5. The highest BCUT2D eigenvalue weighted by Crippen LogP contribution is 2.29. The second-order valence-corrected chi connectivity index (χ2v) is 6.51. The maximum Gasteiger partial charge on any atom is 0.240 e. The van der Waals surface area contributed by atoms with Crippen molar-refractivity contribution in [2.24, 2.45) is 0 Å². The fourth-order valence-electron chi connectivity index (χ4n) is 2.45. The van der Waals surface area contributed by atoms with Gasteiger partial charge in [0, 0.05) is 26.2 Å². The van der Waals surface area contributed by atoms with Gasteiger partial charge < -0.3 is 15.0 Å². The number of halogens is 2. The van der Waals surface area contributed by atoms with Crippen molar-refractivity contribution in [2.75, 3.05) is 52.2 Å². The Bertz CT molecular complexity index is 675. The van der Waals surface area contributed by atoms with Crippen LogP contribution in [-0.2, 0) is 4.79 Å². The maximum atomic E-state index is 12.1. The highest BCUT2D eigenvalue weighted by Gasteiger charge is 2.17. The summed E-state index contributed by atoms with van der Waals surface area (Å²) in [4.78, 5) is 21.0. The molecule has 0 unspecified atom stereocenters. The lowest BCUT2D eigenvalue weighted by molar-refractivity contribution is -0.117. The topological polar surface area (TPSA) is 57.7 Å². The Hall–Kier alpha value is -1.12. The molecule has 0 atom stereocenters. The van der Waals surface area contributed by atoms with Crippen LogP contribution in [0.15, 0.2) is 18.2 Å². The number of likely N-dealkylation sites (N-methyl/N-ethyl adjacent to an activating group) is 1. The molecule has 1 amide bonds. The number of carbonyl (C=O) groups excluding carboxylic acids is 1. The second kappa shape index (κ2) is 9.39. The van der Waals surface area contributed by atoms with E-state index >= 15 is 0 Å². The Morgan fingerprint density at radius 2 is 2.00 bits per heavy atom. The molecule has 1 aliphatic heterocycles. The Labute approximate surface area is 158 Å². The zero-order valence-corrected chi connectivity index (χ0v) is 16.1. The van der Waals surface area contributed by atoms with Crippen molar-refractivity contribution in [3.8, 4) is 5.75 Å². The number of fused-ring (bicyclic) bond motifs is 1. The molecule has 0 saturated carbocycles. The standard InChI is InChI=1S/C15H20N4O2S.2ClH/c1-18-5-7-19(8-6-18)10-14(20)17-15-16-12-4-3-11(21-2)9-13(12)22-15;;/h3-4,9H,5-8,10H2,1-2H3,(H,16,17,20);2*1H. The molecule has 24 heavy (non-hydrogen) atoms. The third kappa shape index (κ3) is 5.19. The van der Waals surface area contributed by atoms with Gasteiger partial charge in [-0.15, -0.1) is 24.8 Å². The first-order valence-corrected chi connectivity index (χ1v) is 8.11. The Morgan fingerprint density at radius 1 is 1.29 bits per heavy atom. The number of nitrogens with one attached hydrogen (secondary N) is 1. The summed E-state index contributed by atoms with van der Waals surface area (Å²) in [5.74, 6) is 0.794. The van der Waals surface area contributed by atoms with Crippen molar-refractivity contribution in [2.45, 2.75) is 0 Å². The van der Waals surface area contributed by atoms with Gasteiger partial charge in [0.15, 0.2) is 5.13 Å². The number of methoxy groups -OCH3 is 1. The molecular formula is C15H22Cl2N4O2S. The van der Waals surface area contributed by atoms with Gasteiger partial charge in [0.25, 0.3) is 0 Å². The molecule has 1 aromatic heterocycles. The number of hydrogen-bond acceptors (Lipinski definition) is 6. The van der Waals surface area contributed by atoms with Crippen LogP contribution in [0.5, 0.6) is 5.75 Å². The molecule has 1 aliphatic rings. The van der Waals surface area contributed by atoms with E-state index in [0.29, 0.717) is 11.7 Å². The van der Waals surface area contributed by atoms with E-state index in [1.165, 1.54) is 11.3 Å². The van der Waals surface area contributed by atoms with Crippen molar-refractivity contribution < 1.29 is 9.53 Å². The number of nitrogens with zero attached hydrogens (tertiary/aromatic N) is 3. The van der Waals surface area contributed by atoms with Crippen molar-refractivity contribution in [3.63, 3.8) is 0 Å². The number of benzene rings is 1. The lowest BCUT2D eigenvalue weighted by Crippen LogP contribution is -2.47. The van der Waals surface area contributed by atoms with E-state index in [0.717, 1.165) is 42.1 Å². The van der Waals surface area contributed by atoms with Gasteiger partial charge in [0.05, 0.1) is 23.9 Å².